The lowest BCUT2D eigenvalue weighted by Crippen LogP contribution is -2.57. The number of ether oxygens (including phenoxy) is 1. The minimum Gasteiger partial charge on any atom is -0.378 e. The largest absolute Gasteiger partial charge is 0.378 e. The topological polar surface area (TPSA) is 85.5 Å². The van der Waals surface area contributed by atoms with E-state index in [1.807, 2.05) is 6.92 Å². The van der Waals surface area contributed by atoms with Gasteiger partial charge in [-0.05, 0) is 35.9 Å². The number of aromatic nitrogens is 4. The van der Waals surface area contributed by atoms with Crippen molar-refractivity contribution >= 4 is 11.6 Å². The summed E-state index contributed by atoms with van der Waals surface area (Å²) in [7, 11) is 1.61. The fourth-order valence-corrected chi connectivity index (χ4v) is 3.89. The van der Waals surface area contributed by atoms with Crippen molar-refractivity contribution < 1.29 is 13.9 Å². The first-order valence-electron chi connectivity index (χ1n) is 10.3. The van der Waals surface area contributed by atoms with E-state index in [9.17, 15) is 14.0 Å². The molecule has 2 aromatic rings. The van der Waals surface area contributed by atoms with E-state index in [2.05, 4.69) is 15.3 Å². The normalized spacial score (nSPS) is 19.7. The molecule has 0 radical (unpaired) electrons. The minimum atomic E-state index is -0.421. The number of methoxy groups -OCH3 is 1. The Morgan fingerprint density at radius 2 is 1.97 bits per heavy atom. The Bertz CT molecular complexity index is 914. The van der Waals surface area contributed by atoms with E-state index in [4.69, 9.17) is 4.74 Å². The highest BCUT2D eigenvalue weighted by Crippen LogP contribution is 2.28. The zero-order chi connectivity index (χ0) is 21.7. The lowest BCUT2D eigenvalue weighted by atomic mass is 9.98. The quantitative estimate of drug-likeness (QED) is 0.637. The molecule has 0 saturated carbocycles. The number of nitrogens with zero attached hydrogens (tertiary/aromatic N) is 6. The molecule has 2 heterocycles. The molecule has 0 N–H and O–H groups in total. The van der Waals surface area contributed by atoms with Crippen LogP contribution in [0.4, 0.5) is 10.1 Å². The first-order valence-corrected chi connectivity index (χ1v) is 10.3. The first-order chi connectivity index (χ1) is 14.5. The Morgan fingerprint density at radius 3 is 2.60 bits per heavy atom. The van der Waals surface area contributed by atoms with Crippen LogP contribution in [0.25, 0.3) is 0 Å². The molecule has 10 heteroatoms. The average Bonchev–Trinajstić information content (AvgIpc) is 3.13. The molecule has 0 aliphatic carbocycles. The van der Waals surface area contributed by atoms with E-state index in [1.165, 1.54) is 15.4 Å². The number of amides is 1. The molecule has 1 aliphatic rings. The van der Waals surface area contributed by atoms with Gasteiger partial charge in [-0.3, -0.25) is 9.69 Å². The van der Waals surface area contributed by atoms with Gasteiger partial charge in [0, 0.05) is 39.7 Å². The minimum absolute atomic E-state index is 0.136. The van der Waals surface area contributed by atoms with Crippen LogP contribution in [0, 0.1) is 5.82 Å². The smallest absolute Gasteiger partial charge is 0.363 e. The SMILES string of the molecule is CCC(=O)N(c1ccccc1F)[C@H]1CCN(CCn2nnn(CC)c2=O)C[C@@H]1OC. The lowest BCUT2D eigenvalue weighted by Gasteiger charge is -2.43. The third kappa shape index (κ3) is 4.59. The van der Waals surface area contributed by atoms with E-state index in [0.717, 1.165) is 0 Å². The van der Waals surface area contributed by atoms with Crippen molar-refractivity contribution in [1.82, 2.24) is 24.7 Å². The Hall–Kier alpha value is -2.59. The van der Waals surface area contributed by atoms with Gasteiger partial charge in [0.05, 0.1) is 24.4 Å². The van der Waals surface area contributed by atoms with Crippen LogP contribution in [0.15, 0.2) is 29.1 Å². The highest BCUT2D eigenvalue weighted by atomic mass is 19.1. The van der Waals surface area contributed by atoms with Crippen molar-refractivity contribution in [3.63, 3.8) is 0 Å². The Kier molecular flexibility index (Phi) is 7.33. The third-order valence-corrected chi connectivity index (χ3v) is 5.55. The molecule has 9 nitrogen and oxygen atoms in total. The van der Waals surface area contributed by atoms with Crippen molar-refractivity contribution in [2.24, 2.45) is 0 Å². The summed E-state index contributed by atoms with van der Waals surface area (Å²) < 4.78 is 22.9. The summed E-state index contributed by atoms with van der Waals surface area (Å²) in [6.45, 7) is 6.39. The van der Waals surface area contributed by atoms with Crippen LogP contribution in [0.5, 0.6) is 0 Å². The van der Waals surface area contributed by atoms with Crippen molar-refractivity contribution in [1.29, 1.82) is 0 Å². The molecule has 2 atom stereocenters. The number of rotatable bonds is 8. The molecule has 0 unspecified atom stereocenters. The average molecular weight is 420 g/mol. The molecule has 1 aliphatic heterocycles. The van der Waals surface area contributed by atoms with Crippen LogP contribution in [-0.4, -0.2) is 69.5 Å². The summed E-state index contributed by atoms with van der Waals surface area (Å²) in [5.74, 6) is -0.557. The number of carbonyl (C=O) groups is 1. The van der Waals surface area contributed by atoms with E-state index in [1.54, 1.807) is 37.1 Å². The number of benzene rings is 1. The van der Waals surface area contributed by atoms with Crippen LogP contribution in [0.1, 0.15) is 26.7 Å². The number of halogens is 1. The molecule has 164 valence electrons. The molecule has 0 spiro atoms. The summed E-state index contributed by atoms with van der Waals surface area (Å²) in [5.41, 5.74) is 0.0579. The Labute approximate surface area is 175 Å². The number of piperidine rings is 1. The van der Waals surface area contributed by atoms with Crippen molar-refractivity contribution in [3.8, 4) is 0 Å². The number of aryl methyl sites for hydroxylation is 1. The highest BCUT2D eigenvalue weighted by molar-refractivity contribution is 5.94. The standard InChI is InChI=1S/C20H29FN6O3/c1-4-19(28)27(16-9-7-6-8-15(16)21)17-10-11-24(14-18(17)30-3)12-13-26-20(29)25(5-2)22-23-26/h6-9,17-18H,4-5,10-14H2,1-3H3/t17-,18-/m0/s1. The molecular weight excluding hydrogens is 391 g/mol. The predicted molar refractivity (Wildman–Crippen MR) is 110 cm³/mol. The van der Waals surface area contributed by atoms with Gasteiger partial charge in [-0.1, -0.05) is 19.1 Å². The fraction of sp³-hybridized carbons (Fsp3) is 0.600. The van der Waals surface area contributed by atoms with E-state index in [0.29, 0.717) is 39.1 Å². The van der Waals surface area contributed by atoms with Gasteiger partial charge < -0.3 is 9.64 Å². The maximum Gasteiger partial charge on any atom is 0.363 e. The van der Waals surface area contributed by atoms with Crippen LogP contribution in [-0.2, 0) is 22.6 Å². The van der Waals surface area contributed by atoms with Gasteiger partial charge in [-0.15, -0.1) is 0 Å². The van der Waals surface area contributed by atoms with Crippen molar-refractivity contribution in [2.45, 2.75) is 51.9 Å². The first kappa shape index (κ1) is 22.1. The second-order valence-electron chi connectivity index (χ2n) is 7.30. The summed E-state index contributed by atoms with van der Waals surface area (Å²) >= 11 is 0. The molecule has 1 saturated heterocycles. The second kappa shape index (κ2) is 9.94. The molecule has 1 fully saturated rings. The molecule has 1 amide bonds. The van der Waals surface area contributed by atoms with Gasteiger partial charge in [0.15, 0.2) is 0 Å². The number of carbonyl (C=O) groups excluding carboxylic acids is 1. The predicted octanol–water partition coefficient (Wildman–Crippen LogP) is 1.13. The summed E-state index contributed by atoms with van der Waals surface area (Å²) in [6.07, 6.45) is 0.632. The zero-order valence-corrected chi connectivity index (χ0v) is 17.7. The zero-order valence-electron chi connectivity index (χ0n) is 17.7. The van der Waals surface area contributed by atoms with Crippen molar-refractivity contribution in [2.75, 3.05) is 31.6 Å². The number of hydrogen-bond donors (Lipinski definition) is 0. The Balaban J connectivity index is 1.72. The van der Waals surface area contributed by atoms with Gasteiger partial charge in [0.2, 0.25) is 5.91 Å². The van der Waals surface area contributed by atoms with E-state index in [-0.39, 0.29) is 35.9 Å². The second-order valence-corrected chi connectivity index (χ2v) is 7.30. The van der Waals surface area contributed by atoms with Crippen LogP contribution >= 0.6 is 0 Å². The fourth-order valence-electron chi connectivity index (χ4n) is 3.89. The lowest BCUT2D eigenvalue weighted by molar-refractivity contribution is -0.120. The van der Waals surface area contributed by atoms with Crippen LogP contribution in [0.3, 0.4) is 0 Å². The maximum atomic E-state index is 14.5. The number of para-hydroxylation sites is 1. The van der Waals surface area contributed by atoms with Crippen LogP contribution < -0.4 is 10.6 Å². The number of likely N-dealkylation sites (tertiary alicyclic amines) is 1. The molecule has 30 heavy (non-hydrogen) atoms. The van der Waals surface area contributed by atoms with Gasteiger partial charge in [-0.25, -0.2) is 9.18 Å². The van der Waals surface area contributed by atoms with E-state index >= 15 is 0 Å². The maximum absolute atomic E-state index is 14.5. The third-order valence-electron chi connectivity index (χ3n) is 5.55. The molecule has 1 aromatic heterocycles. The van der Waals surface area contributed by atoms with Gasteiger partial charge in [0.1, 0.15) is 5.82 Å². The monoisotopic (exact) mass is 420 g/mol. The van der Waals surface area contributed by atoms with Crippen molar-refractivity contribution in [3.05, 3.63) is 40.6 Å². The van der Waals surface area contributed by atoms with Gasteiger partial charge in [0.25, 0.3) is 0 Å². The van der Waals surface area contributed by atoms with Crippen LogP contribution in [0.2, 0.25) is 0 Å². The van der Waals surface area contributed by atoms with E-state index < -0.39 is 5.82 Å². The molecule has 0 bridgehead atoms. The molecule has 3 rings (SSSR count). The number of hydrogen-bond acceptors (Lipinski definition) is 6. The number of tetrazole rings is 1. The van der Waals surface area contributed by atoms with Gasteiger partial charge in [-0.2, -0.15) is 9.36 Å². The highest BCUT2D eigenvalue weighted by Gasteiger charge is 2.37. The summed E-state index contributed by atoms with van der Waals surface area (Å²) in [6, 6.07) is 6.07. The summed E-state index contributed by atoms with van der Waals surface area (Å²) in [4.78, 5) is 28.5. The Morgan fingerprint density at radius 1 is 1.23 bits per heavy atom. The molecular formula is C20H29FN6O3. The summed E-state index contributed by atoms with van der Waals surface area (Å²) in [5, 5.41) is 7.73. The number of anilines is 1. The van der Waals surface area contributed by atoms with Gasteiger partial charge >= 0.3 is 5.69 Å². The molecule has 1 aromatic carbocycles.